The summed E-state index contributed by atoms with van der Waals surface area (Å²) in [5.41, 5.74) is 14.4. The molecule has 4 nitrogen and oxygen atoms in total. The maximum atomic E-state index is 6.16. The summed E-state index contributed by atoms with van der Waals surface area (Å²) in [5.74, 6) is 0.637. The molecule has 2 aromatic carbocycles. The van der Waals surface area contributed by atoms with Gasteiger partial charge in [-0.15, -0.1) is 0 Å². The molecular weight excluding hydrogens is 333 g/mol. The molecule has 23 heavy (non-hydrogen) atoms. The highest BCUT2D eigenvalue weighted by molar-refractivity contribution is 6.35. The highest BCUT2D eigenvalue weighted by Crippen LogP contribution is 2.30. The number of rotatable bonds is 4. The van der Waals surface area contributed by atoms with Gasteiger partial charge < -0.3 is 10.5 Å². The van der Waals surface area contributed by atoms with Crippen LogP contribution < -0.4 is 21.3 Å². The first-order valence-corrected chi connectivity index (χ1v) is 8.27. The van der Waals surface area contributed by atoms with Gasteiger partial charge in [0.2, 0.25) is 0 Å². The number of halogens is 2. The van der Waals surface area contributed by atoms with Crippen LogP contribution in [-0.2, 0) is 0 Å². The third-order valence-electron chi connectivity index (χ3n) is 4.02. The number of nitrogens with two attached hydrogens (primary N) is 1. The van der Waals surface area contributed by atoms with Crippen molar-refractivity contribution in [3.8, 4) is 5.75 Å². The fourth-order valence-corrected chi connectivity index (χ4v) is 3.19. The Balaban J connectivity index is 1.64. The van der Waals surface area contributed by atoms with Crippen molar-refractivity contribution in [2.45, 2.75) is 31.5 Å². The standard InChI is InChI=1S/C17H19Cl2N3O/c1-10(23-17-6-5-12(18)8-14(17)19)15-9-16(22-21-15)11-3-2-4-13(20)7-11/h2-8,10,15-16,21-22H,9,20H2,1H3. The van der Waals surface area contributed by atoms with Gasteiger partial charge in [-0.25, -0.2) is 5.43 Å². The fourth-order valence-electron chi connectivity index (χ4n) is 2.74. The number of ether oxygens (including phenoxy) is 1. The number of hydrogen-bond acceptors (Lipinski definition) is 4. The minimum atomic E-state index is -0.0489. The normalized spacial score (nSPS) is 22.0. The molecule has 1 heterocycles. The van der Waals surface area contributed by atoms with E-state index in [1.54, 1.807) is 18.2 Å². The maximum absolute atomic E-state index is 6.16. The first kappa shape index (κ1) is 16.4. The van der Waals surface area contributed by atoms with Crippen molar-refractivity contribution < 1.29 is 4.74 Å². The Morgan fingerprint density at radius 1 is 1.17 bits per heavy atom. The van der Waals surface area contributed by atoms with E-state index in [0.717, 1.165) is 17.7 Å². The summed E-state index contributed by atoms with van der Waals surface area (Å²) < 4.78 is 5.97. The number of nitrogen functional groups attached to an aromatic ring is 1. The lowest BCUT2D eigenvalue weighted by Gasteiger charge is -2.21. The van der Waals surface area contributed by atoms with Crippen LogP contribution in [0.3, 0.4) is 0 Å². The van der Waals surface area contributed by atoms with Crippen LogP contribution in [0.2, 0.25) is 10.0 Å². The van der Waals surface area contributed by atoms with Crippen LogP contribution in [0.5, 0.6) is 5.75 Å². The van der Waals surface area contributed by atoms with Gasteiger partial charge in [-0.05, 0) is 49.2 Å². The predicted molar refractivity (Wildman–Crippen MR) is 94.8 cm³/mol. The highest BCUT2D eigenvalue weighted by Gasteiger charge is 2.30. The maximum Gasteiger partial charge on any atom is 0.138 e. The van der Waals surface area contributed by atoms with E-state index in [-0.39, 0.29) is 18.2 Å². The Labute approximate surface area is 145 Å². The molecule has 0 radical (unpaired) electrons. The molecule has 2 aromatic rings. The molecule has 1 saturated heterocycles. The summed E-state index contributed by atoms with van der Waals surface area (Å²) in [6.45, 7) is 2.02. The van der Waals surface area contributed by atoms with E-state index in [9.17, 15) is 0 Å². The first-order chi connectivity index (χ1) is 11.0. The van der Waals surface area contributed by atoms with Crippen LogP contribution >= 0.6 is 23.2 Å². The average molecular weight is 352 g/mol. The average Bonchev–Trinajstić information content (AvgIpc) is 3.00. The van der Waals surface area contributed by atoms with Gasteiger partial charge in [-0.3, -0.25) is 5.43 Å². The monoisotopic (exact) mass is 351 g/mol. The number of anilines is 1. The Bertz CT molecular complexity index is 695. The SMILES string of the molecule is CC(Oc1ccc(Cl)cc1Cl)C1CC(c2cccc(N)c2)NN1. The summed E-state index contributed by atoms with van der Waals surface area (Å²) in [6, 6.07) is 13.5. The van der Waals surface area contributed by atoms with Crippen molar-refractivity contribution in [3.05, 3.63) is 58.1 Å². The molecule has 0 bridgehead atoms. The molecular formula is C17H19Cl2N3O. The van der Waals surface area contributed by atoms with Crippen LogP contribution in [0, 0.1) is 0 Å². The molecule has 4 N–H and O–H groups in total. The van der Waals surface area contributed by atoms with Crippen LogP contribution in [0.25, 0.3) is 0 Å². The zero-order valence-electron chi connectivity index (χ0n) is 12.7. The summed E-state index contributed by atoms with van der Waals surface area (Å²) in [4.78, 5) is 0. The summed E-state index contributed by atoms with van der Waals surface area (Å²) in [7, 11) is 0. The van der Waals surface area contributed by atoms with E-state index >= 15 is 0 Å². The van der Waals surface area contributed by atoms with Crippen molar-refractivity contribution >= 4 is 28.9 Å². The lowest BCUT2D eigenvalue weighted by Crippen LogP contribution is -2.40. The Hall–Kier alpha value is -1.46. The van der Waals surface area contributed by atoms with Gasteiger partial charge >= 0.3 is 0 Å². The molecule has 1 fully saturated rings. The van der Waals surface area contributed by atoms with E-state index in [0.29, 0.717) is 15.8 Å². The number of benzene rings is 2. The lowest BCUT2D eigenvalue weighted by atomic mass is 9.99. The number of hydrogen-bond donors (Lipinski definition) is 3. The van der Waals surface area contributed by atoms with Gasteiger partial charge in [0.05, 0.1) is 11.1 Å². The van der Waals surface area contributed by atoms with E-state index in [1.165, 1.54) is 0 Å². The topological polar surface area (TPSA) is 59.3 Å². The quantitative estimate of drug-likeness (QED) is 0.730. The lowest BCUT2D eigenvalue weighted by molar-refractivity contribution is 0.176. The molecule has 1 aliphatic rings. The molecule has 0 aliphatic carbocycles. The zero-order chi connectivity index (χ0) is 16.4. The van der Waals surface area contributed by atoms with Gasteiger partial charge in [0.25, 0.3) is 0 Å². The second-order valence-electron chi connectivity index (χ2n) is 5.75. The molecule has 6 heteroatoms. The second-order valence-corrected chi connectivity index (χ2v) is 6.59. The molecule has 0 amide bonds. The van der Waals surface area contributed by atoms with Crippen molar-refractivity contribution in [2.24, 2.45) is 0 Å². The smallest absolute Gasteiger partial charge is 0.138 e. The van der Waals surface area contributed by atoms with E-state index in [1.807, 2.05) is 25.1 Å². The van der Waals surface area contributed by atoms with Gasteiger partial charge in [0.15, 0.2) is 0 Å². The van der Waals surface area contributed by atoms with Crippen LogP contribution in [-0.4, -0.2) is 12.1 Å². The van der Waals surface area contributed by atoms with E-state index in [2.05, 4.69) is 16.9 Å². The third-order valence-corrected chi connectivity index (χ3v) is 4.55. The van der Waals surface area contributed by atoms with Crippen molar-refractivity contribution in [1.29, 1.82) is 0 Å². The van der Waals surface area contributed by atoms with E-state index < -0.39 is 0 Å². The highest BCUT2D eigenvalue weighted by atomic mass is 35.5. The van der Waals surface area contributed by atoms with Gasteiger partial charge in [0.1, 0.15) is 11.9 Å². The minimum Gasteiger partial charge on any atom is -0.487 e. The number of nitrogens with one attached hydrogen (secondary N) is 2. The molecule has 3 rings (SSSR count). The predicted octanol–water partition coefficient (Wildman–Crippen LogP) is 3.95. The number of hydrazine groups is 1. The minimum absolute atomic E-state index is 0.0489. The Morgan fingerprint density at radius 2 is 2.00 bits per heavy atom. The summed E-state index contributed by atoms with van der Waals surface area (Å²) in [6.07, 6.45) is 0.850. The molecule has 122 valence electrons. The molecule has 0 aromatic heterocycles. The van der Waals surface area contributed by atoms with Gasteiger partial charge in [-0.2, -0.15) is 0 Å². The summed E-state index contributed by atoms with van der Waals surface area (Å²) >= 11 is 12.1. The van der Waals surface area contributed by atoms with Crippen LogP contribution in [0.1, 0.15) is 24.9 Å². The molecule has 1 aliphatic heterocycles. The molecule has 3 unspecified atom stereocenters. The van der Waals surface area contributed by atoms with Gasteiger partial charge in [0, 0.05) is 16.8 Å². The van der Waals surface area contributed by atoms with Crippen molar-refractivity contribution in [2.75, 3.05) is 5.73 Å². The largest absolute Gasteiger partial charge is 0.487 e. The van der Waals surface area contributed by atoms with Crippen LogP contribution in [0.4, 0.5) is 5.69 Å². The van der Waals surface area contributed by atoms with Crippen LogP contribution in [0.15, 0.2) is 42.5 Å². The van der Waals surface area contributed by atoms with Gasteiger partial charge in [-0.1, -0.05) is 35.3 Å². The van der Waals surface area contributed by atoms with Crippen molar-refractivity contribution in [3.63, 3.8) is 0 Å². The Kier molecular flexibility index (Phi) is 4.97. The molecule has 3 atom stereocenters. The third kappa shape index (κ3) is 3.90. The fraction of sp³-hybridized carbons (Fsp3) is 0.294. The molecule has 0 saturated carbocycles. The van der Waals surface area contributed by atoms with Crippen molar-refractivity contribution in [1.82, 2.24) is 10.9 Å². The molecule has 0 spiro atoms. The van der Waals surface area contributed by atoms with E-state index in [4.69, 9.17) is 33.7 Å². The summed E-state index contributed by atoms with van der Waals surface area (Å²) in [5, 5.41) is 1.11. The first-order valence-electron chi connectivity index (χ1n) is 7.51. The second kappa shape index (κ2) is 6.97. The zero-order valence-corrected chi connectivity index (χ0v) is 14.2. The Morgan fingerprint density at radius 3 is 2.74 bits per heavy atom.